The number of piperidine rings is 1. The van der Waals surface area contributed by atoms with Crippen molar-refractivity contribution >= 4 is 21.6 Å². The minimum absolute atomic E-state index is 0.275. The fourth-order valence-corrected chi connectivity index (χ4v) is 4.17. The zero-order valence-corrected chi connectivity index (χ0v) is 12.0. The largest absolute Gasteiger partial charge is 0.274 e. The third-order valence-corrected chi connectivity index (χ3v) is 5.35. The summed E-state index contributed by atoms with van der Waals surface area (Å²) in [7, 11) is -1.67. The molecule has 0 aromatic carbocycles. The van der Waals surface area contributed by atoms with Gasteiger partial charge in [-0.05, 0) is 25.2 Å². The molecule has 0 amide bonds. The lowest BCUT2D eigenvalue weighted by Gasteiger charge is -2.31. The minimum atomic E-state index is -3.39. The van der Waals surface area contributed by atoms with Crippen molar-refractivity contribution in [1.29, 1.82) is 0 Å². The average molecular weight is 292 g/mol. The normalized spacial score (nSPS) is 22.2. The Bertz CT molecular complexity index is 498. The Morgan fingerprint density at radius 2 is 2.33 bits per heavy atom. The Morgan fingerprint density at radius 3 is 2.94 bits per heavy atom. The Hall–Kier alpha value is -0.590. The topological polar surface area (TPSA) is 55.2 Å². The molecule has 0 saturated carbocycles. The van der Waals surface area contributed by atoms with Crippen molar-refractivity contribution in [1.82, 2.24) is 14.1 Å². The molecular weight excluding hydrogens is 274 g/mol. The molecule has 0 bridgehead atoms. The number of alkyl halides is 1. The summed E-state index contributed by atoms with van der Waals surface area (Å²) in [4.78, 5) is 0.275. The number of halogens is 1. The van der Waals surface area contributed by atoms with E-state index >= 15 is 0 Å². The van der Waals surface area contributed by atoms with Gasteiger partial charge in [-0.3, -0.25) is 4.68 Å². The predicted molar refractivity (Wildman–Crippen MR) is 70.0 cm³/mol. The average Bonchev–Trinajstić information content (AvgIpc) is 2.77. The number of hydrogen-bond donors (Lipinski definition) is 0. The maximum Gasteiger partial charge on any atom is 0.246 e. The molecule has 1 aliphatic heterocycles. The van der Waals surface area contributed by atoms with E-state index < -0.39 is 10.0 Å². The third-order valence-electron chi connectivity index (χ3n) is 3.32. The van der Waals surface area contributed by atoms with Crippen LogP contribution in [0.1, 0.15) is 19.3 Å². The van der Waals surface area contributed by atoms with Gasteiger partial charge in [0.2, 0.25) is 10.0 Å². The summed E-state index contributed by atoms with van der Waals surface area (Å²) in [5.74, 6) is 0.966. The van der Waals surface area contributed by atoms with E-state index in [0.717, 1.165) is 19.3 Å². The summed E-state index contributed by atoms with van der Waals surface area (Å²) >= 11 is 5.74. The highest BCUT2D eigenvalue weighted by molar-refractivity contribution is 7.89. The van der Waals surface area contributed by atoms with Gasteiger partial charge < -0.3 is 0 Å². The van der Waals surface area contributed by atoms with E-state index in [0.29, 0.717) is 24.9 Å². The standard InChI is InChI=1S/C11H18ClN3O2S/c1-14-9-11(7-13-14)18(16,17)15-6-2-3-10(8-15)4-5-12/h7,9-10H,2-6,8H2,1H3. The van der Waals surface area contributed by atoms with E-state index in [-0.39, 0.29) is 4.90 Å². The van der Waals surface area contributed by atoms with Gasteiger partial charge >= 0.3 is 0 Å². The predicted octanol–water partition coefficient (Wildman–Crippen LogP) is 1.45. The Balaban J connectivity index is 2.15. The zero-order chi connectivity index (χ0) is 13.2. The van der Waals surface area contributed by atoms with Crippen molar-refractivity contribution in [3.8, 4) is 0 Å². The third kappa shape index (κ3) is 2.87. The van der Waals surface area contributed by atoms with E-state index in [9.17, 15) is 8.42 Å². The van der Waals surface area contributed by atoms with Crippen LogP contribution in [0, 0.1) is 5.92 Å². The van der Waals surface area contributed by atoms with E-state index in [1.54, 1.807) is 17.5 Å². The molecule has 5 nitrogen and oxygen atoms in total. The molecular formula is C11H18ClN3O2S. The second-order valence-corrected chi connectivity index (χ2v) is 7.01. The maximum absolute atomic E-state index is 12.4. The molecule has 0 spiro atoms. The molecule has 1 unspecified atom stereocenters. The number of aromatic nitrogens is 2. The fourth-order valence-electron chi connectivity index (χ4n) is 2.32. The molecule has 0 N–H and O–H groups in total. The van der Waals surface area contributed by atoms with Gasteiger partial charge in [0.25, 0.3) is 0 Å². The Morgan fingerprint density at radius 1 is 1.56 bits per heavy atom. The first-order valence-corrected chi connectivity index (χ1v) is 8.06. The van der Waals surface area contributed by atoms with Crippen LogP contribution < -0.4 is 0 Å². The van der Waals surface area contributed by atoms with Gasteiger partial charge in [0.05, 0.1) is 6.20 Å². The van der Waals surface area contributed by atoms with Crippen LogP contribution in [0.4, 0.5) is 0 Å². The maximum atomic E-state index is 12.4. The van der Waals surface area contributed by atoms with E-state index in [4.69, 9.17) is 11.6 Å². The molecule has 0 radical (unpaired) electrons. The summed E-state index contributed by atoms with van der Waals surface area (Å²) < 4.78 is 27.8. The summed E-state index contributed by atoms with van der Waals surface area (Å²) in [6.45, 7) is 1.17. The summed E-state index contributed by atoms with van der Waals surface area (Å²) in [5, 5.41) is 3.92. The molecule has 1 aliphatic rings. The van der Waals surface area contributed by atoms with Crippen LogP contribution in [0.5, 0.6) is 0 Å². The minimum Gasteiger partial charge on any atom is -0.274 e. The molecule has 1 aromatic heterocycles. The van der Waals surface area contributed by atoms with Gasteiger partial charge in [-0.2, -0.15) is 9.40 Å². The molecule has 1 atom stereocenters. The molecule has 1 fully saturated rings. The number of hydrogen-bond acceptors (Lipinski definition) is 3. The lowest BCUT2D eigenvalue weighted by Crippen LogP contribution is -2.39. The highest BCUT2D eigenvalue weighted by Crippen LogP contribution is 2.25. The second-order valence-electron chi connectivity index (χ2n) is 4.70. The monoisotopic (exact) mass is 291 g/mol. The summed E-state index contributed by atoms with van der Waals surface area (Å²) in [5.41, 5.74) is 0. The Labute approximate surface area is 113 Å². The van der Waals surface area contributed by atoms with Gasteiger partial charge in [-0.15, -0.1) is 11.6 Å². The molecule has 18 heavy (non-hydrogen) atoms. The number of aryl methyl sites for hydroxylation is 1. The van der Waals surface area contributed by atoms with Crippen LogP contribution in [-0.4, -0.2) is 41.5 Å². The van der Waals surface area contributed by atoms with Crippen molar-refractivity contribution in [3.05, 3.63) is 12.4 Å². The molecule has 102 valence electrons. The van der Waals surface area contributed by atoms with Crippen molar-refractivity contribution < 1.29 is 8.42 Å². The number of sulfonamides is 1. The first-order chi connectivity index (χ1) is 8.54. The van der Waals surface area contributed by atoms with Crippen LogP contribution in [0.2, 0.25) is 0 Å². The van der Waals surface area contributed by atoms with Crippen molar-refractivity contribution in [2.75, 3.05) is 19.0 Å². The van der Waals surface area contributed by atoms with Gasteiger partial charge in [-0.25, -0.2) is 8.42 Å². The van der Waals surface area contributed by atoms with E-state index in [2.05, 4.69) is 5.10 Å². The molecule has 0 aliphatic carbocycles. The molecule has 7 heteroatoms. The van der Waals surface area contributed by atoms with Gasteiger partial charge in [0.1, 0.15) is 4.90 Å². The van der Waals surface area contributed by atoms with Crippen LogP contribution in [-0.2, 0) is 17.1 Å². The summed E-state index contributed by atoms with van der Waals surface area (Å²) in [6.07, 6.45) is 5.79. The van der Waals surface area contributed by atoms with Gasteiger partial charge in [0.15, 0.2) is 0 Å². The quantitative estimate of drug-likeness (QED) is 0.789. The molecule has 2 rings (SSSR count). The molecule has 1 saturated heterocycles. The summed E-state index contributed by atoms with van der Waals surface area (Å²) in [6, 6.07) is 0. The second kappa shape index (κ2) is 5.59. The lowest BCUT2D eigenvalue weighted by molar-refractivity contribution is 0.262. The van der Waals surface area contributed by atoms with E-state index in [1.165, 1.54) is 10.9 Å². The number of rotatable bonds is 4. The van der Waals surface area contributed by atoms with Crippen LogP contribution in [0.3, 0.4) is 0 Å². The van der Waals surface area contributed by atoms with Crippen molar-refractivity contribution in [2.45, 2.75) is 24.2 Å². The Kier molecular flexibility index (Phi) is 4.29. The van der Waals surface area contributed by atoms with Crippen molar-refractivity contribution in [2.24, 2.45) is 13.0 Å². The van der Waals surface area contributed by atoms with Crippen LogP contribution in [0.25, 0.3) is 0 Å². The first kappa shape index (κ1) is 13.8. The van der Waals surface area contributed by atoms with Crippen LogP contribution in [0.15, 0.2) is 17.3 Å². The fraction of sp³-hybridized carbons (Fsp3) is 0.727. The number of nitrogens with zero attached hydrogens (tertiary/aromatic N) is 3. The van der Waals surface area contributed by atoms with Crippen molar-refractivity contribution in [3.63, 3.8) is 0 Å². The van der Waals surface area contributed by atoms with Gasteiger partial charge in [-0.1, -0.05) is 0 Å². The molecule has 1 aromatic rings. The van der Waals surface area contributed by atoms with Crippen LogP contribution >= 0.6 is 11.6 Å². The smallest absolute Gasteiger partial charge is 0.246 e. The SMILES string of the molecule is Cn1cc(S(=O)(=O)N2CCCC(CCCl)C2)cn1. The highest BCUT2D eigenvalue weighted by atomic mass is 35.5. The first-order valence-electron chi connectivity index (χ1n) is 6.09. The van der Waals surface area contributed by atoms with Gasteiger partial charge in [0, 0.05) is 32.2 Å². The molecule has 2 heterocycles. The lowest BCUT2D eigenvalue weighted by atomic mass is 9.97. The highest BCUT2D eigenvalue weighted by Gasteiger charge is 2.30. The zero-order valence-electron chi connectivity index (χ0n) is 10.4. The van der Waals surface area contributed by atoms with E-state index in [1.807, 2.05) is 0 Å².